The molecular weight excluding hydrogens is 500 g/mol. The first-order valence-electron chi connectivity index (χ1n) is 11.6. The summed E-state index contributed by atoms with van der Waals surface area (Å²) in [5.41, 5.74) is 4.57. The smallest absolute Gasteiger partial charge is 0.227 e. The molecule has 5 rings (SSSR count). The largest absolute Gasteiger partial charge is 0.365 e. The number of aryl methyl sites for hydroxylation is 2. The minimum Gasteiger partial charge on any atom is -0.365 e. The lowest BCUT2D eigenvalue weighted by Crippen LogP contribution is -2.48. The van der Waals surface area contributed by atoms with Crippen LogP contribution in [0.1, 0.15) is 17.0 Å². The SMILES string of the molecule is Cc1noc(C)c1-c1ccc2nc(N3CCN(S(C)(=O)=O)CC3)nc(NCc3cccc(Cl)c3)c2c1. The summed E-state index contributed by atoms with van der Waals surface area (Å²) in [6, 6.07) is 13.7. The van der Waals surface area contributed by atoms with E-state index < -0.39 is 10.0 Å². The first kappa shape index (κ1) is 24.5. The van der Waals surface area contributed by atoms with E-state index in [1.165, 1.54) is 10.6 Å². The Balaban J connectivity index is 1.53. The predicted octanol–water partition coefficient (Wildman–Crippen LogP) is 4.25. The van der Waals surface area contributed by atoms with E-state index in [1.807, 2.05) is 61.2 Å². The highest BCUT2D eigenvalue weighted by Crippen LogP contribution is 2.33. The summed E-state index contributed by atoms with van der Waals surface area (Å²) in [6.45, 7) is 6.18. The molecule has 2 aromatic carbocycles. The van der Waals surface area contributed by atoms with E-state index in [9.17, 15) is 8.42 Å². The highest BCUT2D eigenvalue weighted by molar-refractivity contribution is 7.88. The van der Waals surface area contributed by atoms with Gasteiger partial charge in [0.2, 0.25) is 16.0 Å². The number of hydrogen-bond donors (Lipinski definition) is 1. The molecule has 1 aliphatic rings. The fraction of sp³-hybridized carbons (Fsp3) is 0.320. The quantitative estimate of drug-likeness (QED) is 0.397. The van der Waals surface area contributed by atoms with Crippen LogP contribution < -0.4 is 10.2 Å². The van der Waals surface area contributed by atoms with E-state index >= 15 is 0 Å². The summed E-state index contributed by atoms with van der Waals surface area (Å²) in [4.78, 5) is 11.7. The molecule has 4 aromatic rings. The highest BCUT2D eigenvalue weighted by atomic mass is 35.5. The zero-order valence-corrected chi connectivity index (χ0v) is 21.9. The molecule has 11 heteroatoms. The monoisotopic (exact) mass is 526 g/mol. The summed E-state index contributed by atoms with van der Waals surface area (Å²) in [5.74, 6) is 2.00. The Bertz CT molecular complexity index is 1510. The fourth-order valence-electron chi connectivity index (χ4n) is 4.50. The maximum Gasteiger partial charge on any atom is 0.227 e. The number of piperazine rings is 1. The molecule has 36 heavy (non-hydrogen) atoms. The summed E-state index contributed by atoms with van der Waals surface area (Å²) < 4.78 is 30.7. The van der Waals surface area contributed by atoms with Gasteiger partial charge in [0.25, 0.3) is 0 Å². The van der Waals surface area contributed by atoms with Crippen LogP contribution in [0.25, 0.3) is 22.0 Å². The van der Waals surface area contributed by atoms with Crippen LogP contribution in [-0.2, 0) is 16.6 Å². The molecular formula is C25H27ClN6O3S. The molecule has 0 atom stereocenters. The molecule has 0 amide bonds. The van der Waals surface area contributed by atoms with Crippen molar-refractivity contribution < 1.29 is 12.9 Å². The van der Waals surface area contributed by atoms with Gasteiger partial charge in [0.15, 0.2) is 0 Å². The molecule has 1 fully saturated rings. The van der Waals surface area contributed by atoms with E-state index in [-0.39, 0.29) is 0 Å². The Kier molecular flexibility index (Phi) is 6.59. The first-order chi connectivity index (χ1) is 17.2. The van der Waals surface area contributed by atoms with Gasteiger partial charge < -0.3 is 14.7 Å². The molecule has 2 aromatic heterocycles. The van der Waals surface area contributed by atoms with Gasteiger partial charge in [-0.25, -0.2) is 13.4 Å². The average Bonchev–Trinajstić information content (AvgIpc) is 3.19. The van der Waals surface area contributed by atoms with Gasteiger partial charge in [0, 0.05) is 48.7 Å². The number of benzene rings is 2. The fourth-order valence-corrected chi connectivity index (χ4v) is 5.53. The molecule has 188 valence electrons. The second-order valence-corrected chi connectivity index (χ2v) is 11.4. The van der Waals surface area contributed by atoms with Gasteiger partial charge >= 0.3 is 0 Å². The minimum atomic E-state index is -3.22. The van der Waals surface area contributed by atoms with Gasteiger partial charge in [-0.2, -0.15) is 9.29 Å². The lowest BCUT2D eigenvalue weighted by Gasteiger charge is -2.33. The van der Waals surface area contributed by atoms with Gasteiger partial charge in [-0.3, -0.25) is 0 Å². The molecule has 1 N–H and O–H groups in total. The van der Waals surface area contributed by atoms with Crippen LogP contribution in [0.3, 0.4) is 0 Å². The lowest BCUT2D eigenvalue weighted by atomic mass is 10.0. The van der Waals surface area contributed by atoms with Crippen molar-refractivity contribution >= 4 is 44.3 Å². The molecule has 0 saturated carbocycles. The summed E-state index contributed by atoms with van der Waals surface area (Å²) in [7, 11) is -3.22. The van der Waals surface area contributed by atoms with E-state index in [2.05, 4.69) is 10.5 Å². The zero-order chi connectivity index (χ0) is 25.4. The van der Waals surface area contributed by atoms with Crippen molar-refractivity contribution in [2.45, 2.75) is 20.4 Å². The van der Waals surface area contributed by atoms with Crippen molar-refractivity contribution in [2.24, 2.45) is 0 Å². The van der Waals surface area contributed by atoms with E-state index in [4.69, 9.17) is 26.1 Å². The molecule has 1 saturated heterocycles. The molecule has 0 aliphatic carbocycles. The van der Waals surface area contributed by atoms with Crippen LogP contribution >= 0.6 is 11.6 Å². The predicted molar refractivity (Wildman–Crippen MR) is 142 cm³/mol. The number of anilines is 2. The van der Waals surface area contributed by atoms with Gasteiger partial charge in [-0.15, -0.1) is 0 Å². The number of halogens is 1. The Hall–Kier alpha value is -3.21. The van der Waals surface area contributed by atoms with E-state index in [1.54, 1.807) is 0 Å². The van der Waals surface area contributed by atoms with Crippen LogP contribution in [0.15, 0.2) is 47.0 Å². The number of sulfonamides is 1. The van der Waals surface area contributed by atoms with Crippen LogP contribution in [0.5, 0.6) is 0 Å². The third-order valence-corrected chi connectivity index (χ3v) is 7.88. The average molecular weight is 527 g/mol. The second kappa shape index (κ2) is 9.68. The maximum atomic E-state index is 11.9. The zero-order valence-electron chi connectivity index (χ0n) is 20.3. The topological polar surface area (TPSA) is 104 Å². The first-order valence-corrected chi connectivity index (χ1v) is 13.8. The van der Waals surface area contributed by atoms with Crippen molar-refractivity contribution in [1.29, 1.82) is 0 Å². The summed E-state index contributed by atoms with van der Waals surface area (Å²) >= 11 is 6.18. The van der Waals surface area contributed by atoms with Crippen molar-refractivity contribution in [3.8, 4) is 11.1 Å². The number of fused-ring (bicyclic) bond motifs is 1. The standard InChI is InChI=1S/C25H27ClN6O3S/c1-16-23(17(2)35-30-16)19-7-8-22-21(14-19)24(27-15-18-5-4-6-20(26)13-18)29-25(28-22)31-9-11-32(12-10-31)36(3,33)34/h4-8,13-14H,9-12,15H2,1-3H3,(H,27,28,29). The van der Waals surface area contributed by atoms with Crippen LogP contribution in [0, 0.1) is 13.8 Å². The summed E-state index contributed by atoms with van der Waals surface area (Å²) in [6.07, 6.45) is 1.24. The maximum absolute atomic E-state index is 11.9. The Morgan fingerprint density at radius 1 is 1.06 bits per heavy atom. The third kappa shape index (κ3) is 5.02. The van der Waals surface area contributed by atoms with Gasteiger partial charge in [0.05, 0.1) is 17.5 Å². The van der Waals surface area contributed by atoms with E-state index in [0.717, 1.165) is 39.0 Å². The van der Waals surface area contributed by atoms with Gasteiger partial charge in [-0.1, -0.05) is 35.0 Å². The normalized spacial score (nSPS) is 14.9. The molecule has 1 aliphatic heterocycles. The minimum absolute atomic E-state index is 0.399. The highest BCUT2D eigenvalue weighted by Gasteiger charge is 2.25. The van der Waals surface area contributed by atoms with Crippen molar-refractivity contribution in [3.63, 3.8) is 0 Å². The molecule has 3 heterocycles. The molecule has 9 nitrogen and oxygen atoms in total. The number of rotatable bonds is 6. The number of hydrogen-bond acceptors (Lipinski definition) is 8. The third-order valence-electron chi connectivity index (χ3n) is 6.35. The Morgan fingerprint density at radius 2 is 1.83 bits per heavy atom. The number of nitrogens with one attached hydrogen (secondary N) is 1. The second-order valence-electron chi connectivity index (χ2n) is 8.94. The molecule has 0 unspecified atom stereocenters. The van der Waals surface area contributed by atoms with Crippen molar-refractivity contribution in [1.82, 2.24) is 19.4 Å². The van der Waals surface area contributed by atoms with Crippen molar-refractivity contribution in [2.75, 3.05) is 42.7 Å². The van der Waals surface area contributed by atoms with Gasteiger partial charge in [-0.05, 0) is 49.2 Å². The Morgan fingerprint density at radius 3 is 2.50 bits per heavy atom. The molecule has 0 bridgehead atoms. The molecule has 0 spiro atoms. The van der Waals surface area contributed by atoms with Crippen LogP contribution in [0.4, 0.5) is 11.8 Å². The summed E-state index contributed by atoms with van der Waals surface area (Å²) in [5, 5.41) is 9.10. The Labute approximate surface area is 215 Å². The number of nitrogens with zero attached hydrogens (tertiary/aromatic N) is 5. The lowest BCUT2D eigenvalue weighted by molar-refractivity contribution is 0.386. The van der Waals surface area contributed by atoms with Gasteiger partial charge in [0.1, 0.15) is 11.6 Å². The van der Waals surface area contributed by atoms with E-state index in [0.29, 0.717) is 49.5 Å². The van der Waals surface area contributed by atoms with Crippen molar-refractivity contribution in [3.05, 3.63) is 64.5 Å². The van der Waals surface area contributed by atoms with Crippen LogP contribution in [0.2, 0.25) is 5.02 Å². The van der Waals surface area contributed by atoms with Crippen LogP contribution in [-0.4, -0.2) is 60.3 Å². The molecule has 0 radical (unpaired) electrons. The number of aromatic nitrogens is 3.